The minimum absolute atomic E-state index is 0.387. The smallest absolute Gasteiger partial charge is 0.0624 e. The molecule has 0 spiro atoms. The highest BCUT2D eigenvalue weighted by Crippen LogP contribution is 2.42. The first-order valence-corrected chi connectivity index (χ1v) is 6.48. The standard InChI is InChI=1S/C13H23N3/c1-3-11-8-12(16(4-2)15-11)9-13(10-14)6-5-7-13/h8H,3-7,9-10,14H2,1-2H3. The Morgan fingerprint density at radius 1 is 1.44 bits per heavy atom. The maximum absolute atomic E-state index is 5.92. The van der Waals surface area contributed by atoms with E-state index >= 15 is 0 Å². The summed E-state index contributed by atoms with van der Waals surface area (Å²) in [6.07, 6.45) is 6.07. The summed E-state index contributed by atoms with van der Waals surface area (Å²) in [5.41, 5.74) is 8.90. The van der Waals surface area contributed by atoms with Crippen LogP contribution in [0.25, 0.3) is 0 Å². The van der Waals surface area contributed by atoms with E-state index in [9.17, 15) is 0 Å². The van der Waals surface area contributed by atoms with Crippen molar-refractivity contribution in [1.82, 2.24) is 9.78 Å². The van der Waals surface area contributed by atoms with Crippen LogP contribution >= 0.6 is 0 Å². The van der Waals surface area contributed by atoms with Gasteiger partial charge in [0.2, 0.25) is 0 Å². The molecule has 1 aliphatic rings. The summed E-state index contributed by atoms with van der Waals surface area (Å²) in [4.78, 5) is 0. The second-order valence-electron chi connectivity index (χ2n) is 5.03. The highest BCUT2D eigenvalue weighted by molar-refractivity contribution is 5.14. The summed E-state index contributed by atoms with van der Waals surface area (Å²) < 4.78 is 2.15. The third-order valence-corrected chi connectivity index (χ3v) is 3.98. The topological polar surface area (TPSA) is 43.8 Å². The van der Waals surface area contributed by atoms with Crippen LogP contribution < -0.4 is 5.73 Å². The second kappa shape index (κ2) is 4.58. The number of aryl methyl sites for hydroxylation is 2. The number of hydrogen-bond acceptors (Lipinski definition) is 2. The molecule has 3 heteroatoms. The Bertz CT molecular complexity index is 345. The van der Waals surface area contributed by atoms with Crippen molar-refractivity contribution in [2.75, 3.05) is 6.54 Å². The Hall–Kier alpha value is -0.830. The lowest BCUT2D eigenvalue weighted by molar-refractivity contribution is 0.141. The first-order chi connectivity index (χ1) is 7.73. The van der Waals surface area contributed by atoms with Crippen LogP contribution in [0, 0.1) is 5.41 Å². The molecule has 1 saturated carbocycles. The minimum Gasteiger partial charge on any atom is -0.330 e. The number of hydrogen-bond donors (Lipinski definition) is 1. The van der Waals surface area contributed by atoms with Crippen molar-refractivity contribution < 1.29 is 0 Å². The zero-order valence-electron chi connectivity index (χ0n) is 10.5. The van der Waals surface area contributed by atoms with Crippen molar-refractivity contribution in [2.45, 2.75) is 52.5 Å². The van der Waals surface area contributed by atoms with Crippen LogP contribution in [0.5, 0.6) is 0 Å². The molecule has 0 atom stereocenters. The van der Waals surface area contributed by atoms with Gasteiger partial charge < -0.3 is 5.73 Å². The molecule has 0 radical (unpaired) electrons. The molecule has 0 bridgehead atoms. The second-order valence-corrected chi connectivity index (χ2v) is 5.03. The van der Waals surface area contributed by atoms with E-state index in [-0.39, 0.29) is 0 Å². The maximum atomic E-state index is 5.92. The summed E-state index contributed by atoms with van der Waals surface area (Å²) in [7, 11) is 0. The molecule has 0 unspecified atom stereocenters. The summed E-state index contributed by atoms with van der Waals surface area (Å²) in [5.74, 6) is 0. The Morgan fingerprint density at radius 3 is 2.62 bits per heavy atom. The van der Waals surface area contributed by atoms with Gasteiger partial charge in [0, 0.05) is 12.2 Å². The van der Waals surface area contributed by atoms with Crippen molar-refractivity contribution in [3.05, 3.63) is 17.5 Å². The Kier molecular flexibility index (Phi) is 3.33. The van der Waals surface area contributed by atoms with Gasteiger partial charge in [0.15, 0.2) is 0 Å². The van der Waals surface area contributed by atoms with E-state index in [0.717, 1.165) is 25.9 Å². The number of nitrogens with zero attached hydrogens (tertiary/aromatic N) is 2. The van der Waals surface area contributed by atoms with Gasteiger partial charge in [-0.2, -0.15) is 5.10 Å². The summed E-state index contributed by atoms with van der Waals surface area (Å²) in [6, 6.07) is 2.26. The van der Waals surface area contributed by atoms with E-state index in [1.54, 1.807) is 0 Å². The van der Waals surface area contributed by atoms with Crippen LogP contribution in [0.15, 0.2) is 6.07 Å². The molecule has 2 rings (SSSR count). The molecular formula is C13H23N3. The average molecular weight is 221 g/mol. The molecule has 16 heavy (non-hydrogen) atoms. The fourth-order valence-electron chi connectivity index (χ4n) is 2.62. The monoisotopic (exact) mass is 221 g/mol. The molecule has 0 aliphatic heterocycles. The van der Waals surface area contributed by atoms with E-state index in [1.165, 1.54) is 30.7 Å². The van der Waals surface area contributed by atoms with E-state index < -0.39 is 0 Å². The van der Waals surface area contributed by atoms with Crippen molar-refractivity contribution in [2.24, 2.45) is 11.1 Å². The van der Waals surface area contributed by atoms with Gasteiger partial charge in [0.25, 0.3) is 0 Å². The number of aromatic nitrogens is 2. The summed E-state index contributed by atoms with van der Waals surface area (Å²) in [6.45, 7) is 6.11. The lowest BCUT2D eigenvalue weighted by atomic mass is 9.66. The quantitative estimate of drug-likeness (QED) is 0.828. The van der Waals surface area contributed by atoms with Gasteiger partial charge in [-0.05, 0) is 50.6 Å². The van der Waals surface area contributed by atoms with Gasteiger partial charge >= 0.3 is 0 Å². The van der Waals surface area contributed by atoms with Crippen LogP contribution in [0.4, 0.5) is 0 Å². The molecule has 1 fully saturated rings. The molecule has 2 N–H and O–H groups in total. The normalized spacial score (nSPS) is 18.4. The van der Waals surface area contributed by atoms with Crippen LogP contribution in [0.2, 0.25) is 0 Å². The van der Waals surface area contributed by atoms with Gasteiger partial charge in [0.05, 0.1) is 5.69 Å². The molecule has 0 amide bonds. The van der Waals surface area contributed by atoms with E-state index in [2.05, 4.69) is 29.7 Å². The van der Waals surface area contributed by atoms with Crippen molar-refractivity contribution >= 4 is 0 Å². The van der Waals surface area contributed by atoms with E-state index in [0.29, 0.717) is 5.41 Å². The molecule has 1 heterocycles. The van der Waals surface area contributed by atoms with Gasteiger partial charge in [-0.25, -0.2) is 0 Å². The van der Waals surface area contributed by atoms with Crippen molar-refractivity contribution in [3.8, 4) is 0 Å². The van der Waals surface area contributed by atoms with Crippen molar-refractivity contribution in [1.29, 1.82) is 0 Å². The van der Waals surface area contributed by atoms with Gasteiger partial charge in [-0.1, -0.05) is 13.3 Å². The zero-order valence-corrected chi connectivity index (χ0v) is 10.5. The molecule has 3 nitrogen and oxygen atoms in total. The highest BCUT2D eigenvalue weighted by Gasteiger charge is 2.36. The SMILES string of the molecule is CCc1cc(CC2(CN)CCC2)n(CC)n1. The van der Waals surface area contributed by atoms with Gasteiger partial charge in [0.1, 0.15) is 0 Å². The molecule has 1 aromatic heterocycles. The highest BCUT2D eigenvalue weighted by atomic mass is 15.3. The largest absolute Gasteiger partial charge is 0.330 e. The third-order valence-electron chi connectivity index (χ3n) is 3.98. The average Bonchev–Trinajstić information content (AvgIpc) is 2.65. The maximum Gasteiger partial charge on any atom is 0.0624 e. The first kappa shape index (κ1) is 11.6. The van der Waals surface area contributed by atoms with Crippen LogP contribution in [0.3, 0.4) is 0 Å². The molecule has 90 valence electrons. The Balaban J connectivity index is 2.16. The Morgan fingerprint density at radius 2 is 2.19 bits per heavy atom. The fraction of sp³-hybridized carbons (Fsp3) is 0.769. The van der Waals surface area contributed by atoms with Gasteiger partial charge in [-0.3, -0.25) is 4.68 Å². The lowest BCUT2D eigenvalue weighted by Gasteiger charge is -2.41. The molecule has 1 aromatic rings. The third kappa shape index (κ3) is 2.01. The van der Waals surface area contributed by atoms with Crippen LogP contribution in [0.1, 0.15) is 44.5 Å². The van der Waals surface area contributed by atoms with Crippen LogP contribution in [-0.2, 0) is 19.4 Å². The first-order valence-electron chi connectivity index (χ1n) is 6.48. The molecular weight excluding hydrogens is 198 g/mol. The summed E-state index contributed by atoms with van der Waals surface area (Å²) >= 11 is 0. The lowest BCUT2D eigenvalue weighted by Crippen LogP contribution is -2.39. The zero-order chi connectivity index (χ0) is 11.6. The van der Waals surface area contributed by atoms with Gasteiger partial charge in [-0.15, -0.1) is 0 Å². The molecule has 1 aliphatic carbocycles. The number of nitrogens with two attached hydrogens (primary N) is 1. The van der Waals surface area contributed by atoms with Crippen molar-refractivity contribution in [3.63, 3.8) is 0 Å². The molecule has 0 saturated heterocycles. The predicted molar refractivity (Wildman–Crippen MR) is 66.3 cm³/mol. The Labute approximate surface area is 98.0 Å². The van der Waals surface area contributed by atoms with Crippen LogP contribution in [-0.4, -0.2) is 16.3 Å². The predicted octanol–water partition coefficient (Wildman–Crippen LogP) is 2.14. The minimum atomic E-state index is 0.387. The molecule has 0 aromatic carbocycles. The van der Waals surface area contributed by atoms with E-state index in [1.807, 2.05) is 0 Å². The fourth-order valence-corrected chi connectivity index (χ4v) is 2.62. The summed E-state index contributed by atoms with van der Waals surface area (Å²) in [5, 5.41) is 4.60. The number of rotatable bonds is 5. The van der Waals surface area contributed by atoms with E-state index in [4.69, 9.17) is 5.73 Å².